The minimum atomic E-state index is -0.649. The van der Waals surface area contributed by atoms with Gasteiger partial charge in [0.1, 0.15) is 11.9 Å². The average Bonchev–Trinajstić information content (AvgIpc) is 3.48. The van der Waals surface area contributed by atoms with E-state index in [2.05, 4.69) is 5.32 Å². The van der Waals surface area contributed by atoms with Gasteiger partial charge in [0.25, 0.3) is 0 Å². The number of methoxy groups -OCH3 is 2. The molecule has 0 radical (unpaired) electrons. The molecule has 13 heteroatoms. The van der Waals surface area contributed by atoms with Crippen molar-refractivity contribution in [3.05, 3.63) is 12.1 Å². The first-order chi connectivity index (χ1) is 19.7. The summed E-state index contributed by atoms with van der Waals surface area (Å²) < 4.78 is 11.0. The topological polar surface area (TPSA) is 134 Å². The Morgan fingerprint density at radius 3 is 2.37 bits per heavy atom. The van der Waals surface area contributed by atoms with Crippen LogP contribution >= 0.6 is 11.8 Å². The fraction of sp³-hybridized carbons (Fsp3) is 0.571. The Labute approximate surface area is 244 Å². The summed E-state index contributed by atoms with van der Waals surface area (Å²) in [7, 11) is 3.07. The number of thioether (sulfide) groups is 1. The van der Waals surface area contributed by atoms with Gasteiger partial charge >= 0.3 is 0 Å². The first-order valence-electron chi connectivity index (χ1n) is 13.9. The van der Waals surface area contributed by atoms with Crippen LogP contribution in [0.25, 0.3) is 10.9 Å². The van der Waals surface area contributed by atoms with Crippen LogP contribution in [-0.4, -0.2) is 101 Å². The van der Waals surface area contributed by atoms with Crippen molar-refractivity contribution in [2.75, 3.05) is 62.9 Å². The van der Waals surface area contributed by atoms with E-state index in [1.165, 1.54) is 14.0 Å². The lowest BCUT2D eigenvalue weighted by molar-refractivity contribution is -0.139. The summed E-state index contributed by atoms with van der Waals surface area (Å²) in [6, 6.07) is 2.82. The van der Waals surface area contributed by atoms with Gasteiger partial charge in [-0.3, -0.25) is 19.2 Å². The van der Waals surface area contributed by atoms with E-state index >= 15 is 0 Å². The Hall–Kier alpha value is -3.61. The maximum absolute atomic E-state index is 13.6. The summed E-state index contributed by atoms with van der Waals surface area (Å²) in [5, 5.41) is 3.50. The quantitative estimate of drug-likeness (QED) is 0.467. The first-order valence-corrected chi connectivity index (χ1v) is 14.9. The van der Waals surface area contributed by atoms with Crippen molar-refractivity contribution >= 4 is 57.3 Å². The number of anilines is 2. The third-order valence-electron chi connectivity index (χ3n) is 7.45. The zero-order valence-corrected chi connectivity index (χ0v) is 25.1. The van der Waals surface area contributed by atoms with E-state index in [1.54, 1.807) is 31.1 Å². The summed E-state index contributed by atoms with van der Waals surface area (Å²) in [6.07, 6.45) is 1.70. The fourth-order valence-electron chi connectivity index (χ4n) is 5.16. The minimum absolute atomic E-state index is 0.0442. The third kappa shape index (κ3) is 6.83. The van der Waals surface area contributed by atoms with Crippen molar-refractivity contribution in [2.24, 2.45) is 5.92 Å². The number of amides is 3. The highest BCUT2D eigenvalue weighted by Crippen LogP contribution is 2.35. The molecule has 222 valence electrons. The summed E-state index contributed by atoms with van der Waals surface area (Å²) in [6.45, 7) is 7.81. The Morgan fingerprint density at radius 2 is 1.73 bits per heavy atom. The molecule has 3 heterocycles. The molecule has 2 aromatic rings. The molecule has 2 fully saturated rings. The Bertz CT molecular complexity index is 1310. The smallest absolute Gasteiger partial charge is 0.248 e. The number of fused-ring (bicyclic) bond motifs is 1. The summed E-state index contributed by atoms with van der Waals surface area (Å²) in [4.78, 5) is 65.3. The van der Waals surface area contributed by atoms with Crippen molar-refractivity contribution < 1.29 is 28.7 Å². The number of rotatable bonds is 9. The van der Waals surface area contributed by atoms with Gasteiger partial charge in [0.2, 0.25) is 23.7 Å². The molecule has 2 aliphatic heterocycles. The molecule has 2 saturated heterocycles. The van der Waals surface area contributed by atoms with Crippen LogP contribution < -0.4 is 19.7 Å². The van der Waals surface area contributed by atoms with Crippen LogP contribution in [0.15, 0.2) is 12.1 Å². The van der Waals surface area contributed by atoms with Gasteiger partial charge in [-0.15, -0.1) is 0 Å². The normalized spacial score (nSPS) is 17.9. The molecular weight excluding hydrogens is 548 g/mol. The molecule has 3 amide bonds. The van der Waals surface area contributed by atoms with Gasteiger partial charge in [-0.2, -0.15) is 4.98 Å². The Balaban J connectivity index is 1.62. The average molecular weight is 587 g/mol. The molecule has 0 spiro atoms. The maximum Gasteiger partial charge on any atom is 0.248 e. The van der Waals surface area contributed by atoms with Crippen LogP contribution in [0.1, 0.15) is 40.0 Å². The number of benzene rings is 1. The molecule has 1 N–H and O–H groups in total. The predicted molar refractivity (Wildman–Crippen MR) is 157 cm³/mol. The van der Waals surface area contributed by atoms with Gasteiger partial charge in [0.05, 0.1) is 19.7 Å². The molecule has 2 atom stereocenters. The van der Waals surface area contributed by atoms with E-state index < -0.39 is 12.0 Å². The van der Waals surface area contributed by atoms with E-state index in [1.807, 2.05) is 16.7 Å². The number of likely N-dealkylation sites (tertiary alicyclic amines) is 1. The number of carbonyl (C=O) groups is 4. The molecular formula is C28H38N6O6S. The van der Waals surface area contributed by atoms with Gasteiger partial charge in [0.15, 0.2) is 16.6 Å². The summed E-state index contributed by atoms with van der Waals surface area (Å²) in [5.74, 6) is 1.31. The largest absolute Gasteiger partial charge is 0.493 e. The van der Waals surface area contributed by atoms with E-state index in [0.29, 0.717) is 91.9 Å². The number of nitrogens with zero attached hydrogens (tertiary/aromatic N) is 5. The second kappa shape index (κ2) is 13.4. The second-order valence-corrected chi connectivity index (χ2v) is 11.4. The number of hydrogen-bond acceptors (Lipinski definition) is 10. The van der Waals surface area contributed by atoms with Crippen molar-refractivity contribution in [1.29, 1.82) is 0 Å². The summed E-state index contributed by atoms with van der Waals surface area (Å²) >= 11 is 1.11. The van der Waals surface area contributed by atoms with Gasteiger partial charge in [-0.1, -0.05) is 25.6 Å². The highest BCUT2D eigenvalue weighted by atomic mass is 32.2. The minimum Gasteiger partial charge on any atom is -0.493 e. The van der Waals surface area contributed by atoms with Crippen LogP contribution in [0.2, 0.25) is 0 Å². The fourth-order valence-corrected chi connectivity index (χ4v) is 5.79. The van der Waals surface area contributed by atoms with Crippen LogP contribution in [0.5, 0.6) is 11.5 Å². The number of aromatic nitrogens is 2. The zero-order valence-electron chi connectivity index (χ0n) is 24.3. The van der Waals surface area contributed by atoms with Crippen molar-refractivity contribution in [2.45, 2.75) is 46.1 Å². The molecule has 41 heavy (non-hydrogen) atoms. The molecule has 0 bridgehead atoms. The number of carbonyl (C=O) groups excluding carboxylic acids is 4. The first kappa shape index (κ1) is 30.4. The lowest BCUT2D eigenvalue weighted by Gasteiger charge is -2.35. The van der Waals surface area contributed by atoms with E-state index in [0.717, 1.165) is 11.8 Å². The maximum atomic E-state index is 13.6. The number of nitrogens with one attached hydrogen (secondary N) is 1. The second-order valence-electron chi connectivity index (χ2n) is 10.2. The molecule has 4 rings (SSSR count). The van der Waals surface area contributed by atoms with Crippen molar-refractivity contribution in [3.8, 4) is 11.5 Å². The molecule has 12 nitrogen and oxygen atoms in total. The van der Waals surface area contributed by atoms with Crippen LogP contribution in [0, 0.1) is 5.92 Å². The lowest BCUT2D eigenvalue weighted by atomic mass is 10.1. The standard InChI is InChI=1S/C28H38N6O6S/c1-6-24(36)32-10-12-33(13-11-32)28-29-20-15-23(40-5)22(39-4)14-19(20)25(31-28)30-26(37)21-8-7-9-34(21)27(38)17(2)16-41-18(3)35/h14-15,17,21H,6-13,16H2,1-5H3,(H,29,30,31,37). The predicted octanol–water partition coefficient (Wildman–Crippen LogP) is 2.55. The van der Waals surface area contributed by atoms with Crippen molar-refractivity contribution in [3.63, 3.8) is 0 Å². The zero-order chi connectivity index (χ0) is 29.7. The molecule has 0 aliphatic carbocycles. The molecule has 2 unspecified atom stereocenters. The summed E-state index contributed by atoms with van der Waals surface area (Å²) in [5.41, 5.74) is 0.559. The lowest BCUT2D eigenvalue weighted by Crippen LogP contribution is -2.49. The molecule has 1 aromatic heterocycles. The van der Waals surface area contributed by atoms with Gasteiger partial charge in [-0.05, 0) is 18.9 Å². The van der Waals surface area contributed by atoms with E-state index in [9.17, 15) is 19.2 Å². The van der Waals surface area contributed by atoms with Gasteiger partial charge in [0, 0.05) is 69.2 Å². The van der Waals surface area contributed by atoms with E-state index in [4.69, 9.17) is 19.4 Å². The van der Waals surface area contributed by atoms with E-state index in [-0.39, 0.29) is 22.8 Å². The van der Waals surface area contributed by atoms with Gasteiger partial charge in [-0.25, -0.2) is 4.98 Å². The molecule has 0 saturated carbocycles. The van der Waals surface area contributed by atoms with Gasteiger partial charge < -0.3 is 29.5 Å². The van der Waals surface area contributed by atoms with Crippen LogP contribution in [0.3, 0.4) is 0 Å². The van der Waals surface area contributed by atoms with Crippen LogP contribution in [-0.2, 0) is 19.2 Å². The van der Waals surface area contributed by atoms with Crippen molar-refractivity contribution in [1.82, 2.24) is 19.8 Å². The monoisotopic (exact) mass is 586 g/mol. The van der Waals surface area contributed by atoms with Crippen LogP contribution in [0.4, 0.5) is 11.8 Å². The third-order valence-corrected chi connectivity index (χ3v) is 8.52. The molecule has 2 aliphatic rings. The number of ether oxygens (including phenoxy) is 2. The highest BCUT2D eigenvalue weighted by Gasteiger charge is 2.36. The number of piperazine rings is 1. The Morgan fingerprint density at radius 1 is 1.05 bits per heavy atom. The number of hydrogen-bond donors (Lipinski definition) is 1. The SMILES string of the molecule is CCC(=O)N1CCN(c2nc(NC(=O)C3CCCN3C(=O)C(C)CSC(C)=O)c3cc(OC)c(OC)cc3n2)CC1. The Kier molecular flexibility index (Phi) is 9.90. The highest BCUT2D eigenvalue weighted by molar-refractivity contribution is 8.13. The molecule has 1 aromatic carbocycles.